The highest BCUT2D eigenvalue weighted by atomic mass is 35.5. The molecule has 1 saturated carbocycles. The smallest absolute Gasteiger partial charge is 0.251 e. The van der Waals surface area contributed by atoms with Gasteiger partial charge in [-0.15, -0.1) is 0 Å². The van der Waals surface area contributed by atoms with E-state index in [0.717, 1.165) is 19.3 Å². The number of carbonyl (C=O) groups is 1. The number of rotatable bonds is 3. The van der Waals surface area contributed by atoms with Gasteiger partial charge in [-0.25, -0.2) is 0 Å². The van der Waals surface area contributed by atoms with Gasteiger partial charge in [-0.3, -0.25) is 4.79 Å². The largest absolute Gasteiger partial charge is 0.347 e. The van der Waals surface area contributed by atoms with Crippen molar-refractivity contribution in [2.45, 2.75) is 38.1 Å². The van der Waals surface area contributed by atoms with Crippen LogP contribution in [0, 0.1) is 11.8 Å². The Kier molecular flexibility index (Phi) is 4.69. The van der Waals surface area contributed by atoms with E-state index in [1.165, 1.54) is 6.42 Å². The molecule has 0 heterocycles. The lowest BCUT2D eigenvalue weighted by atomic mass is 9.74. The SMILES string of the molecule is CCC1(NC(=O)c2ccc(C#CCN)c(Cl)c2)CCC1. The van der Waals surface area contributed by atoms with Crippen molar-refractivity contribution >= 4 is 17.5 Å². The molecule has 0 bridgehead atoms. The molecular weight excluding hydrogens is 272 g/mol. The Morgan fingerprint density at radius 1 is 1.50 bits per heavy atom. The van der Waals surface area contributed by atoms with E-state index in [1.54, 1.807) is 18.2 Å². The molecule has 0 saturated heterocycles. The van der Waals surface area contributed by atoms with Gasteiger partial charge in [0.15, 0.2) is 0 Å². The number of benzene rings is 1. The summed E-state index contributed by atoms with van der Waals surface area (Å²) in [5.41, 5.74) is 6.59. The van der Waals surface area contributed by atoms with E-state index < -0.39 is 0 Å². The second kappa shape index (κ2) is 6.30. The molecule has 2 rings (SSSR count). The molecule has 0 spiro atoms. The molecule has 1 aliphatic rings. The first kappa shape index (κ1) is 14.9. The van der Waals surface area contributed by atoms with Crippen LogP contribution in [0.5, 0.6) is 0 Å². The van der Waals surface area contributed by atoms with E-state index in [1.807, 2.05) is 0 Å². The maximum Gasteiger partial charge on any atom is 0.251 e. The molecule has 3 nitrogen and oxygen atoms in total. The van der Waals surface area contributed by atoms with Crippen LogP contribution in [0.4, 0.5) is 0 Å². The number of hydrogen-bond donors (Lipinski definition) is 2. The lowest BCUT2D eigenvalue weighted by molar-refractivity contribution is 0.0820. The summed E-state index contributed by atoms with van der Waals surface area (Å²) in [5.74, 6) is 5.57. The number of hydrogen-bond acceptors (Lipinski definition) is 2. The van der Waals surface area contributed by atoms with Gasteiger partial charge in [0.05, 0.1) is 11.6 Å². The second-order valence-corrected chi connectivity index (χ2v) is 5.55. The highest BCUT2D eigenvalue weighted by molar-refractivity contribution is 6.32. The fraction of sp³-hybridized carbons (Fsp3) is 0.438. The first-order valence-corrected chi connectivity index (χ1v) is 7.29. The Balaban J connectivity index is 2.13. The van der Waals surface area contributed by atoms with Crippen LogP contribution in [0.3, 0.4) is 0 Å². The highest BCUT2D eigenvalue weighted by Gasteiger charge is 2.36. The number of amides is 1. The summed E-state index contributed by atoms with van der Waals surface area (Å²) < 4.78 is 0. The van der Waals surface area contributed by atoms with Crippen LogP contribution in [-0.4, -0.2) is 18.0 Å². The standard InChI is InChI=1S/C16H19ClN2O/c1-2-16(8-4-9-16)19-15(20)13-7-6-12(5-3-10-18)14(17)11-13/h6-7,11H,2,4,8-10,18H2,1H3,(H,19,20). The van der Waals surface area contributed by atoms with Gasteiger partial charge in [0, 0.05) is 16.7 Å². The Labute approximate surface area is 124 Å². The Bertz CT molecular complexity index is 562. The second-order valence-electron chi connectivity index (χ2n) is 5.14. The zero-order valence-electron chi connectivity index (χ0n) is 11.6. The van der Waals surface area contributed by atoms with Crippen molar-refractivity contribution in [1.29, 1.82) is 0 Å². The van der Waals surface area contributed by atoms with Crippen LogP contribution < -0.4 is 11.1 Å². The molecule has 0 unspecified atom stereocenters. The number of nitrogens with one attached hydrogen (secondary N) is 1. The molecule has 1 fully saturated rings. The molecule has 0 aromatic heterocycles. The molecule has 1 aliphatic carbocycles. The minimum atomic E-state index is -0.0632. The van der Waals surface area contributed by atoms with Gasteiger partial charge in [-0.05, 0) is 43.9 Å². The molecule has 20 heavy (non-hydrogen) atoms. The van der Waals surface area contributed by atoms with E-state index in [0.29, 0.717) is 16.1 Å². The summed E-state index contributed by atoms with van der Waals surface area (Å²) in [5, 5.41) is 3.62. The molecule has 3 N–H and O–H groups in total. The minimum Gasteiger partial charge on any atom is -0.347 e. The third kappa shape index (κ3) is 3.15. The summed E-state index contributed by atoms with van der Waals surface area (Å²) in [6.45, 7) is 2.40. The molecule has 106 valence electrons. The van der Waals surface area contributed by atoms with Gasteiger partial charge in [-0.2, -0.15) is 0 Å². The predicted molar refractivity (Wildman–Crippen MR) is 81.7 cm³/mol. The third-order valence-electron chi connectivity index (χ3n) is 3.92. The van der Waals surface area contributed by atoms with Crippen molar-refractivity contribution in [3.63, 3.8) is 0 Å². The minimum absolute atomic E-state index is 0.0123. The molecule has 1 aromatic rings. The third-order valence-corrected chi connectivity index (χ3v) is 4.24. The van der Waals surface area contributed by atoms with Crippen LogP contribution in [-0.2, 0) is 0 Å². The highest BCUT2D eigenvalue weighted by Crippen LogP contribution is 2.34. The number of nitrogens with two attached hydrogens (primary N) is 1. The van der Waals surface area contributed by atoms with Crippen LogP contribution in [0.25, 0.3) is 0 Å². The Hall–Kier alpha value is -1.50. The van der Waals surface area contributed by atoms with Crippen molar-refractivity contribution < 1.29 is 4.79 Å². The number of carbonyl (C=O) groups excluding carboxylic acids is 1. The number of halogens is 1. The van der Waals surface area contributed by atoms with Crippen LogP contribution in [0.15, 0.2) is 18.2 Å². The molecular formula is C16H19ClN2O. The zero-order valence-corrected chi connectivity index (χ0v) is 12.4. The summed E-state index contributed by atoms with van der Waals surface area (Å²) in [6, 6.07) is 5.18. The molecule has 1 aromatic carbocycles. The summed E-state index contributed by atoms with van der Waals surface area (Å²) in [7, 11) is 0. The van der Waals surface area contributed by atoms with Crippen molar-refractivity contribution in [2.75, 3.05) is 6.54 Å². The normalized spacial score (nSPS) is 15.8. The first-order chi connectivity index (χ1) is 9.60. The molecule has 0 atom stereocenters. The van der Waals surface area contributed by atoms with Crippen LogP contribution >= 0.6 is 11.6 Å². The van der Waals surface area contributed by atoms with Gasteiger partial charge < -0.3 is 11.1 Å². The Morgan fingerprint density at radius 2 is 2.25 bits per heavy atom. The molecule has 0 aliphatic heterocycles. The van der Waals surface area contributed by atoms with Gasteiger partial charge >= 0.3 is 0 Å². The quantitative estimate of drug-likeness (QED) is 0.841. The summed E-state index contributed by atoms with van der Waals surface area (Å²) in [4.78, 5) is 12.3. The van der Waals surface area contributed by atoms with E-state index in [9.17, 15) is 4.79 Å². The lowest BCUT2D eigenvalue weighted by Gasteiger charge is -2.42. The molecule has 0 radical (unpaired) electrons. The van der Waals surface area contributed by atoms with E-state index in [2.05, 4.69) is 24.1 Å². The van der Waals surface area contributed by atoms with Gasteiger partial charge in [0.25, 0.3) is 5.91 Å². The maximum absolute atomic E-state index is 12.3. The topological polar surface area (TPSA) is 55.1 Å². The van der Waals surface area contributed by atoms with Crippen molar-refractivity contribution in [1.82, 2.24) is 5.32 Å². The fourth-order valence-electron chi connectivity index (χ4n) is 2.39. The average Bonchev–Trinajstić information content (AvgIpc) is 2.41. The monoisotopic (exact) mass is 290 g/mol. The van der Waals surface area contributed by atoms with Gasteiger partial charge in [-0.1, -0.05) is 30.4 Å². The van der Waals surface area contributed by atoms with Gasteiger partial charge in [0.2, 0.25) is 0 Å². The Morgan fingerprint density at radius 3 is 2.75 bits per heavy atom. The first-order valence-electron chi connectivity index (χ1n) is 6.91. The van der Waals surface area contributed by atoms with Crippen molar-refractivity contribution in [2.24, 2.45) is 5.73 Å². The van der Waals surface area contributed by atoms with Crippen molar-refractivity contribution in [3.05, 3.63) is 34.3 Å². The molecule has 1 amide bonds. The van der Waals surface area contributed by atoms with Crippen LogP contribution in [0.1, 0.15) is 48.5 Å². The van der Waals surface area contributed by atoms with Crippen molar-refractivity contribution in [3.8, 4) is 11.8 Å². The fourth-order valence-corrected chi connectivity index (χ4v) is 2.62. The average molecular weight is 291 g/mol. The predicted octanol–water partition coefficient (Wildman–Crippen LogP) is 2.71. The van der Waals surface area contributed by atoms with E-state index in [-0.39, 0.29) is 18.0 Å². The summed E-state index contributed by atoms with van der Waals surface area (Å²) in [6.07, 6.45) is 4.26. The molecule has 4 heteroatoms. The van der Waals surface area contributed by atoms with E-state index in [4.69, 9.17) is 17.3 Å². The zero-order chi connectivity index (χ0) is 14.6. The summed E-state index contributed by atoms with van der Waals surface area (Å²) >= 11 is 6.14. The lowest BCUT2D eigenvalue weighted by Crippen LogP contribution is -2.52. The van der Waals surface area contributed by atoms with Gasteiger partial charge in [0.1, 0.15) is 0 Å². The van der Waals surface area contributed by atoms with Crippen LogP contribution in [0.2, 0.25) is 5.02 Å². The van der Waals surface area contributed by atoms with E-state index >= 15 is 0 Å². The maximum atomic E-state index is 12.3.